The van der Waals surface area contributed by atoms with E-state index in [1.54, 1.807) is 7.11 Å². The molecule has 0 spiro atoms. The van der Waals surface area contributed by atoms with Crippen LogP contribution in [0.1, 0.15) is 11.1 Å². The minimum absolute atomic E-state index is 0.136. The van der Waals surface area contributed by atoms with Gasteiger partial charge in [-0.25, -0.2) is 4.79 Å². The van der Waals surface area contributed by atoms with Gasteiger partial charge in [0, 0.05) is 17.6 Å². The predicted octanol–water partition coefficient (Wildman–Crippen LogP) is 3.54. The van der Waals surface area contributed by atoms with Crippen LogP contribution in [-0.4, -0.2) is 26.2 Å². The molecule has 0 saturated carbocycles. The molecule has 0 bridgehead atoms. The number of hydrogen-bond acceptors (Lipinski definition) is 2. The first-order valence-electron chi connectivity index (χ1n) is 7.56. The van der Waals surface area contributed by atoms with Gasteiger partial charge in [-0.2, -0.15) is 0 Å². The molecule has 122 valence electrons. The van der Waals surface area contributed by atoms with Crippen molar-refractivity contribution < 1.29 is 9.53 Å². The van der Waals surface area contributed by atoms with Crippen molar-refractivity contribution >= 4 is 22.0 Å². The van der Waals surface area contributed by atoms with Crippen molar-refractivity contribution in [3.63, 3.8) is 0 Å². The maximum Gasteiger partial charge on any atom is 0.314 e. The fraction of sp³-hybridized carbons (Fsp3) is 0.278. The van der Waals surface area contributed by atoms with E-state index in [0.717, 1.165) is 28.6 Å². The van der Waals surface area contributed by atoms with E-state index >= 15 is 0 Å². The van der Waals surface area contributed by atoms with E-state index in [-0.39, 0.29) is 6.03 Å². The smallest absolute Gasteiger partial charge is 0.314 e. The van der Waals surface area contributed by atoms with Gasteiger partial charge in [0.05, 0.1) is 7.11 Å². The summed E-state index contributed by atoms with van der Waals surface area (Å²) in [6, 6.07) is 15.8. The number of carbonyl (C=O) groups excluding carboxylic acids is 1. The standard InChI is InChI=1S/C18H21BrN2O2/c1-23-17-7-3-5-15(13-17)9-11-21-18(22)20-10-8-14-4-2-6-16(19)12-14/h2-7,12-13H,8-11H2,1H3,(H2,20,21,22). The zero-order chi connectivity index (χ0) is 16.5. The van der Waals surface area contributed by atoms with E-state index in [4.69, 9.17) is 4.74 Å². The fourth-order valence-corrected chi connectivity index (χ4v) is 2.67. The van der Waals surface area contributed by atoms with Crippen LogP contribution in [0.2, 0.25) is 0 Å². The lowest BCUT2D eigenvalue weighted by molar-refractivity contribution is 0.241. The van der Waals surface area contributed by atoms with Crippen molar-refractivity contribution in [2.75, 3.05) is 20.2 Å². The Hall–Kier alpha value is -2.01. The molecule has 0 aliphatic heterocycles. The van der Waals surface area contributed by atoms with E-state index in [0.29, 0.717) is 13.1 Å². The number of ether oxygens (including phenoxy) is 1. The zero-order valence-electron chi connectivity index (χ0n) is 13.1. The molecule has 2 rings (SSSR count). The third-order valence-electron chi connectivity index (χ3n) is 3.42. The maximum absolute atomic E-state index is 11.8. The first kappa shape index (κ1) is 17.3. The Morgan fingerprint density at radius 1 is 1.00 bits per heavy atom. The van der Waals surface area contributed by atoms with Crippen molar-refractivity contribution in [3.05, 3.63) is 64.1 Å². The fourth-order valence-electron chi connectivity index (χ4n) is 2.22. The van der Waals surface area contributed by atoms with Crippen LogP contribution < -0.4 is 15.4 Å². The second kappa shape index (κ2) is 9.20. The number of benzene rings is 2. The number of halogens is 1. The number of amides is 2. The molecule has 23 heavy (non-hydrogen) atoms. The lowest BCUT2D eigenvalue weighted by Gasteiger charge is -2.08. The van der Waals surface area contributed by atoms with Crippen LogP contribution in [0, 0.1) is 0 Å². The number of carbonyl (C=O) groups is 1. The van der Waals surface area contributed by atoms with Gasteiger partial charge in [0.1, 0.15) is 5.75 Å². The Labute approximate surface area is 145 Å². The summed E-state index contributed by atoms with van der Waals surface area (Å²) in [5, 5.41) is 5.74. The molecule has 0 unspecified atom stereocenters. The highest BCUT2D eigenvalue weighted by molar-refractivity contribution is 9.10. The third-order valence-corrected chi connectivity index (χ3v) is 3.91. The van der Waals surface area contributed by atoms with Gasteiger partial charge in [0.15, 0.2) is 0 Å². The summed E-state index contributed by atoms with van der Waals surface area (Å²) in [6.45, 7) is 1.21. The lowest BCUT2D eigenvalue weighted by Crippen LogP contribution is -2.37. The number of nitrogens with one attached hydrogen (secondary N) is 2. The molecule has 5 heteroatoms. The maximum atomic E-state index is 11.8. The minimum atomic E-state index is -0.136. The monoisotopic (exact) mass is 376 g/mol. The molecule has 0 radical (unpaired) electrons. The van der Waals surface area contributed by atoms with Crippen LogP contribution in [0.15, 0.2) is 53.0 Å². The highest BCUT2D eigenvalue weighted by atomic mass is 79.9. The molecule has 0 saturated heterocycles. The van der Waals surface area contributed by atoms with E-state index in [1.807, 2.05) is 42.5 Å². The van der Waals surface area contributed by atoms with E-state index in [9.17, 15) is 4.79 Å². The van der Waals surface area contributed by atoms with Crippen LogP contribution in [0.5, 0.6) is 5.75 Å². The van der Waals surface area contributed by atoms with Gasteiger partial charge in [-0.1, -0.05) is 40.2 Å². The van der Waals surface area contributed by atoms with Crippen LogP contribution >= 0.6 is 15.9 Å². The van der Waals surface area contributed by atoms with Crippen LogP contribution in [0.3, 0.4) is 0 Å². The second-order valence-corrected chi connectivity index (χ2v) is 6.08. The molecule has 0 atom stereocenters. The molecule has 2 aromatic carbocycles. The molecule has 2 amide bonds. The van der Waals surface area contributed by atoms with Crippen molar-refractivity contribution in [2.45, 2.75) is 12.8 Å². The van der Waals surface area contributed by atoms with Crippen LogP contribution in [0.4, 0.5) is 4.79 Å². The van der Waals surface area contributed by atoms with Crippen LogP contribution in [-0.2, 0) is 12.8 Å². The van der Waals surface area contributed by atoms with Crippen molar-refractivity contribution in [1.29, 1.82) is 0 Å². The Kier molecular flexibility index (Phi) is 6.94. The van der Waals surface area contributed by atoms with Gasteiger partial charge >= 0.3 is 6.03 Å². The van der Waals surface area contributed by atoms with Gasteiger partial charge in [-0.15, -0.1) is 0 Å². The second-order valence-electron chi connectivity index (χ2n) is 5.16. The number of rotatable bonds is 7. The van der Waals surface area contributed by atoms with Crippen molar-refractivity contribution in [1.82, 2.24) is 10.6 Å². The number of hydrogen-bond donors (Lipinski definition) is 2. The van der Waals surface area contributed by atoms with Gasteiger partial charge in [0.2, 0.25) is 0 Å². The quantitative estimate of drug-likeness (QED) is 0.776. The first-order chi connectivity index (χ1) is 11.2. The normalized spacial score (nSPS) is 10.2. The predicted molar refractivity (Wildman–Crippen MR) is 95.9 cm³/mol. The summed E-state index contributed by atoms with van der Waals surface area (Å²) in [4.78, 5) is 11.8. The SMILES string of the molecule is COc1cccc(CCNC(=O)NCCc2cccc(Br)c2)c1. The molecular formula is C18H21BrN2O2. The Bertz CT molecular complexity index is 646. The highest BCUT2D eigenvalue weighted by Crippen LogP contribution is 2.13. The van der Waals surface area contributed by atoms with E-state index in [2.05, 4.69) is 32.6 Å². The summed E-state index contributed by atoms with van der Waals surface area (Å²) in [5.74, 6) is 0.834. The van der Waals surface area contributed by atoms with Crippen LogP contribution in [0.25, 0.3) is 0 Å². The highest BCUT2D eigenvalue weighted by Gasteiger charge is 2.01. The summed E-state index contributed by atoms with van der Waals surface area (Å²) in [5.41, 5.74) is 2.33. The zero-order valence-corrected chi connectivity index (χ0v) is 14.7. The summed E-state index contributed by atoms with van der Waals surface area (Å²) >= 11 is 3.44. The molecule has 0 aliphatic rings. The van der Waals surface area contributed by atoms with Crippen molar-refractivity contribution in [2.24, 2.45) is 0 Å². The van der Waals surface area contributed by atoms with Gasteiger partial charge in [-0.3, -0.25) is 0 Å². The largest absolute Gasteiger partial charge is 0.497 e. The average Bonchev–Trinajstić information content (AvgIpc) is 2.55. The van der Waals surface area contributed by atoms with Gasteiger partial charge < -0.3 is 15.4 Å². The molecule has 2 aromatic rings. The van der Waals surface area contributed by atoms with Crippen molar-refractivity contribution in [3.8, 4) is 5.75 Å². The lowest BCUT2D eigenvalue weighted by atomic mass is 10.1. The number of methoxy groups -OCH3 is 1. The van der Waals surface area contributed by atoms with E-state index in [1.165, 1.54) is 5.56 Å². The number of urea groups is 1. The molecule has 0 fully saturated rings. The first-order valence-corrected chi connectivity index (χ1v) is 8.36. The molecule has 4 nitrogen and oxygen atoms in total. The van der Waals surface area contributed by atoms with Gasteiger partial charge in [-0.05, 0) is 48.2 Å². The average molecular weight is 377 g/mol. The molecule has 0 heterocycles. The third kappa shape index (κ3) is 6.32. The topological polar surface area (TPSA) is 50.4 Å². The minimum Gasteiger partial charge on any atom is -0.497 e. The van der Waals surface area contributed by atoms with Gasteiger partial charge in [0.25, 0.3) is 0 Å². The molecule has 2 N–H and O–H groups in total. The molecule has 0 aliphatic carbocycles. The Balaban J connectivity index is 1.65. The summed E-state index contributed by atoms with van der Waals surface area (Å²) in [7, 11) is 1.65. The Morgan fingerprint density at radius 3 is 2.22 bits per heavy atom. The molecule has 0 aromatic heterocycles. The Morgan fingerprint density at radius 2 is 1.61 bits per heavy atom. The summed E-state index contributed by atoms with van der Waals surface area (Å²) < 4.78 is 6.24. The van der Waals surface area contributed by atoms with E-state index < -0.39 is 0 Å². The molecular weight excluding hydrogens is 356 g/mol. The summed E-state index contributed by atoms with van der Waals surface area (Å²) in [6.07, 6.45) is 1.58.